The fourth-order valence-corrected chi connectivity index (χ4v) is 4.06. The molecular weight excluding hydrogens is 399 g/mol. The zero-order valence-electron chi connectivity index (χ0n) is 16.8. The third kappa shape index (κ3) is 4.14. The molecule has 1 aliphatic heterocycles. The molecule has 9 nitrogen and oxygen atoms in total. The molecule has 1 atom stereocenters. The Morgan fingerprint density at radius 1 is 1.23 bits per heavy atom. The highest BCUT2D eigenvalue weighted by atomic mass is 19.1. The fraction of sp³-hybridized carbons (Fsp3) is 0.333. The molecule has 0 aliphatic carbocycles. The second-order valence-electron chi connectivity index (χ2n) is 7.74. The van der Waals surface area contributed by atoms with Gasteiger partial charge in [-0.25, -0.2) is 29.0 Å². The van der Waals surface area contributed by atoms with Crippen LogP contribution in [-0.4, -0.2) is 58.0 Å². The molecule has 0 radical (unpaired) electrons. The standard InChI is InChI=1S/C21H21FN8O/c22-16-3-4-19-25-9-18(30(19)11-16)21-24-6-5-17(27-21)8-15-2-1-7-28(10-15)20(31)12-29-14-23-13-26-29/h3-6,9,11,13-15H,1-2,7-8,10,12H2/t15-/m0/s1. The van der Waals surface area contributed by atoms with Crippen molar-refractivity contribution in [3.8, 4) is 11.5 Å². The quantitative estimate of drug-likeness (QED) is 0.490. The summed E-state index contributed by atoms with van der Waals surface area (Å²) in [7, 11) is 0. The Bertz CT molecular complexity index is 1210. The first-order valence-corrected chi connectivity index (χ1v) is 10.2. The molecule has 4 aromatic heterocycles. The molecule has 0 aromatic carbocycles. The van der Waals surface area contributed by atoms with Crippen LogP contribution < -0.4 is 0 Å². The van der Waals surface area contributed by atoms with Crippen molar-refractivity contribution in [2.24, 2.45) is 5.92 Å². The zero-order chi connectivity index (χ0) is 21.2. The molecule has 1 saturated heterocycles. The van der Waals surface area contributed by atoms with Gasteiger partial charge in [0.05, 0.1) is 6.20 Å². The maximum atomic E-state index is 13.7. The van der Waals surface area contributed by atoms with Crippen molar-refractivity contribution in [3.63, 3.8) is 0 Å². The Morgan fingerprint density at radius 3 is 3.03 bits per heavy atom. The van der Waals surface area contributed by atoms with Crippen molar-refractivity contribution in [2.45, 2.75) is 25.8 Å². The highest BCUT2D eigenvalue weighted by molar-refractivity contribution is 5.76. The summed E-state index contributed by atoms with van der Waals surface area (Å²) in [5.41, 5.74) is 2.18. The van der Waals surface area contributed by atoms with E-state index in [0.717, 1.165) is 31.5 Å². The van der Waals surface area contributed by atoms with Crippen molar-refractivity contribution < 1.29 is 9.18 Å². The number of fused-ring (bicyclic) bond motifs is 1. The lowest BCUT2D eigenvalue weighted by molar-refractivity contribution is -0.133. The van der Waals surface area contributed by atoms with E-state index < -0.39 is 0 Å². The largest absolute Gasteiger partial charge is 0.341 e. The van der Waals surface area contributed by atoms with Crippen LogP contribution >= 0.6 is 0 Å². The average molecular weight is 420 g/mol. The lowest BCUT2D eigenvalue weighted by Gasteiger charge is -2.32. The van der Waals surface area contributed by atoms with Crippen LogP contribution in [0.15, 0.2) is 49.4 Å². The smallest absolute Gasteiger partial charge is 0.244 e. The molecule has 0 N–H and O–H groups in total. The minimum Gasteiger partial charge on any atom is -0.341 e. The van der Waals surface area contributed by atoms with Crippen molar-refractivity contribution in [3.05, 3.63) is 61.0 Å². The number of rotatable bonds is 5. The van der Waals surface area contributed by atoms with Crippen molar-refractivity contribution in [1.29, 1.82) is 0 Å². The highest BCUT2D eigenvalue weighted by Gasteiger charge is 2.24. The number of piperidine rings is 1. The number of nitrogens with zero attached hydrogens (tertiary/aromatic N) is 8. The number of carbonyl (C=O) groups excluding carboxylic acids is 1. The molecule has 0 saturated carbocycles. The van der Waals surface area contributed by atoms with E-state index in [0.29, 0.717) is 29.6 Å². The maximum Gasteiger partial charge on any atom is 0.244 e. The summed E-state index contributed by atoms with van der Waals surface area (Å²) in [4.78, 5) is 31.7. The van der Waals surface area contributed by atoms with Crippen molar-refractivity contribution in [1.82, 2.24) is 39.0 Å². The Hall–Kier alpha value is -3.69. The van der Waals surface area contributed by atoms with E-state index in [9.17, 15) is 9.18 Å². The molecule has 5 rings (SSSR count). The molecule has 5 heterocycles. The number of halogens is 1. The summed E-state index contributed by atoms with van der Waals surface area (Å²) in [6.45, 7) is 1.65. The molecule has 4 aromatic rings. The van der Waals surface area contributed by atoms with E-state index in [2.05, 4.69) is 20.1 Å². The van der Waals surface area contributed by atoms with Gasteiger partial charge in [0.1, 0.15) is 36.4 Å². The third-order valence-corrected chi connectivity index (χ3v) is 5.55. The van der Waals surface area contributed by atoms with Gasteiger partial charge in [0, 0.05) is 31.2 Å². The molecule has 0 spiro atoms. The second-order valence-corrected chi connectivity index (χ2v) is 7.74. The summed E-state index contributed by atoms with van der Waals surface area (Å²) in [5, 5.41) is 4.01. The van der Waals surface area contributed by atoms with Gasteiger partial charge >= 0.3 is 0 Å². The molecule has 10 heteroatoms. The van der Waals surface area contributed by atoms with Gasteiger partial charge in [0.2, 0.25) is 5.91 Å². The lowest BCUT2D eigenvalue weighted by atomic mass is 9.93. The fourth-order valence-electron chi connectivity index (χ4n) is 4.06. The molecule has 0 unspecified atom stereocenters. The topological polar surface area (TPSA) is 94.1 Å². The summed E-state index contributed by atoms with van der Waals surface area (Å²) < 4.78 is 16.9. The van der Waals surface area contributed by atoms with E-state index in [4.69, 9.17) is 4.98 Å². The Balaban J connectivity index is 1.30. The summed E-state index contributed by atoms with van der Waals surface area (Å²) in [6, 6.07) is 4.89. The lowest BCUT2D eigenvalue weighted by Crippen LogP contribution is -2.42. The Kier molecular flexibility index (Phi) is 5.11. The average Bonchev–Trinajstić information content (AvgIpc) is 3.43. The van der Waals surface area contributed by atoms with E-state index >= 15 is 0 Å². The minimum atomic E-state index is -0.347. The van der Waals surface area contributed by atoms with Gasteiger partial charge < -0.3 is 4.90 Å². The third-order valence-electron chi connectivity index (χ3n) is 5.55. The van der Waals surface area contributed by atoms with Gasteiger partial charge in [0.25, 0.3) is 0 Å². The van der Waals surface area contributed by atoms with Crippen LogP contribution in [0.1, 0.15) is 18.5 Å². The number of aromatic nitrogens is 7. The van der Waals surface area contributed by atoms with Gasteiger partial charge in [-0.15, -0.1) is 0 Å². The predicted octanol–water partition coefficient (Wildman–Crippen LogP) is 2.00. The highest BCUT2D eigenvalue weighted by Crippen LogP contribution is 2.22. The molecule has 1 fully saturated rings. The van der Waals surface area contributed by atoms with Gasteiger partial charge in [-0.05, 0) is 43.4 Å². The predicted molar refractivity (Wildman–Crippen MR) is 109 cm³/mol. The van der Waals surface area contributed by atoms with E-state index in [1.807, 2.05) is 11.0 Å². The first-order chi connectivity index (χ1) is 15.2. The number of hydrogen-bond donors (Lipinski definition) is 0. The van der Waals surface area contributed by atoms with Crippen LogP contribution in [0.25, 0.3) is 17.2 Å². The molecule has 1 aliphatic rings. The monoisotopic (exact) mass is 420 g/mol. The SMILES string of the molecule is O=C(Cn1cncn1)N1CCC[C@@H](Cc2ccnc(-c3cnc4ccc(F)cn34)n2)C1. The molecule has 158 valence electrons. The molecule has 0 bridgehead atoms. The maximum absolute atomic E-state index is 13.7. The van der Waals surface area contributed by atoms with Gasteiger partial charge in [-0.3, -0.25) is 9.20 Å². The summed E-state index contributed by atoms with van der Waals surface area (Å²) in [5.74, 6) is 0.522. The molecule has 1 amide bonds. The molecular formula is C21H21FN8O. The number of carbonyl (C=O) groups is 1. The summed E-state index contributed by atoms with van der Waals surface area (Å²) in [6.07, 6.45) is 10.5. The van der Waals surface area contributed by atoms with Crippen LogP contribution in [0.4, 0.5) is 4.39 Å². The number of hydrogen-bond acceptors (Lipinski definition) is 6. The van der Waals surface area contributed by atoms with E-state index in [1.54, 1.807) is 33.9 Å². The van der Waals surface area contributed by atoms with Crippen molar-refractivity contribution >= 4 is 11.6 Å². The second kappa shape index (κ2) is 8.21. The minimum absolute atomic E-state index is 0.0475. The number of pyridine rings is 1. The van der Waals surface area contributed by atoms with Gasteiger partial charge in [-0.2, -0.15) is 5.10 Å². The van der Waals surface area contributed by atoms with Crippen LogP contribution in [0.5, 0.6) is 0 Å². The number of imidazole rings is 1. The first-order valence-electron chi connectivity index (χ1n) is 10.2. The summed E-state index contributed by atoms with van der Waals surface area (Å²) >= 11 is 0. The van der Waals surface area contributed by atoms with Gasteiger partial charge in [-0.1, -0.05) is 0 Å². The van der Waals surface area contributed by atoms with Crippen LogP contribution in [0, 0.1) is 11.7 Å². The number of amides is 1. The normalized spacial score (nSPS) is 16.7. The first kappa shape index (κ1) is 19.3. The van der Waals surface area contributed by atoms with Gasteiger partial charge in [0.15, 0.2) is 5.82 Å². The number of likely N-dealkylation sites (tertiary alicyclic amines) is 1. The van der Waals surface area contributed by atoms with Crippen molar-refractivity contribution in [2.75, 3.05) is 13.1 Å². The molecule has 31 heavy (non-hydrogen) atoms. The Morgan fingerprint density at radius 2 is 2.16 bits per heavy atom. The Labute approximate surface area is 177 Å². The zero-order valence-corrected chi connectivity index (χ0v) is 16.8. The van der Waals surface area contributed by atoms with Crippen LogP contribution in [0.2, 0.25) is 0 Å². The van der Waals surface area contributed by atoms with Crippen LogP contribution in [-0.2, 0) is 17.8 Å². The van der Waals surface area contributed by atoms with E-state index in [1.165, 1.54) is 18.6 Å². The van der Waals surface area contributed by atoms with E-state index in [-0.39, 0.29) is 18.3 Å². The van der Waals surface area contributed by atoms with Crippen LogP contribution in [0.3, 0.4) is 0 Å².